The molecule has 1 aliphatic heterocycles. The topological polar surface area (TPSA) is 115 Å². The Morgan fingerprint density at radius 1 is 1.20 bits per heavy atom. The Kier molecular flexibility index (Phi) is 7.52. The maximum absolute atomic E-state index is 12.1. The summed E-state index contributed by atoms with van der Waals surface area (Å²) < 4.78 is 5.63. The summed E-state index contributed by atoms with van der Waals surface area (Å²) in [5.74, 6) is 1.36. The largest absolute Gasteiger partial charge is 0.495 e. The van der Waals surface area contributed by atoms with Crippen molar-refractivity contribution in [2.24, 2.45) is 0 Å². The fraction of sp³-hybridized carbons (Fsp3) is 0.333. The van der Waals surface area contributed by atoms with Crippen LogP contribution in [0, 0.1) is 0 Å². The van der Waals surface area contributed by atoms with Crippen LogP contribution >= 0.6 is 11.6 Å². The smallest absolute Gasteiger partial charge is 0.271 e. The Morgan fingerprint density at radius 3 is 2.63 bits per heavy atom. The van der Waals surface area contributed by atoms with Crippen LogP contribution in [0.2, 0.25) is 5.02 Å². The lowest BCUT2D eigenvalue weighted by atomic mass is 10.0. The van der Waals surface area contributed by atoms with Crippen LogP contribution in [0.25, 0.3) is 0 Å². The van der Waals surface area contributed by atoms with Gasteiger partial charge in [0.1, 0.15) is 16.5 Å². The summed E-state index contributed by atoms with van der Waals surface area (Å²) in [6.45, 7) is 1.99. The average molecular weight is 498 g/mol. The lowest BCUT2D eigenvalue weighted by Gasteiger charge is -2.21. The first-order chi connectivity index (χ1) is 16.8. The van der Waals surface area contributed by atoms with Gasteiger partial charge in [-0.1, -0.05) is 11.6 Å². The molecule has 1 amide bonds. The molecule has 10 nitrogen and oxygen atoms in total. The van der Waals surface area contributed by atoms with Crippen molar-refractivity contribution in [1.29, 1.82) is 0 Å². The van der Waals surface area contributed by atoms with E-state index in [1.54, 1.807) is 44.4 Å². The molecular weight excluding hydrogens is 470 g/mol. The number of carbonyl (C=O) groups is 1. The average Bonchev–Trinajstić information content (AvgIpc) is 3.03. The second-order valence-electron chi connectivity index (χ2n) is 8.44. The minimum Gasteiger partial charge on any atom is -0.495 e. The van der Waals surface area contributed by atoms with Crippen LogP contribution < -0.4 is 20.9 Å². The summed E-state index contributed by atoms with van der Waals surface area (Å²) in [5.41, 5.74) is 3.12. The van der Waals surface area contributed by atoms with Crippen LogP contribution in [0.1, 0.15) is 11.1 Å². The number of nitrogens with one attached hydrogen (secondary N) is 3. The maximum atomic E-state index is 12.1. The van der Waals surface area contributed by atoms with Crippen molar-refractivity contribution in [1.82, 2.24) is 24.8 Å². The SMILES string of the molecule is COc1cc2c(cc1Nc1ncc(Cl)c(Nc3ccc[nH]c3=O)n1)CCN(CC(=O)N(C)C)CC2. The summed E-state index contributed by atoms with van der Waals surface area (Å²) in [5, 5.41) is 6.44. The predicted octanol–water partition coefficient (Wildman–Crippen LogP) is 2.80. The van der Waals surface area contributed by atoms with E-state index in [2.05, 4.69) is 30.5 Å². The fourth-order valence-electron chi connectivity index (χ4n) is 3.84. The van der Waals surface area contributed by atoms with Gasteiger partial charge in [0, 0.05) is 33.4 Å². The second kappa shape index (κ2) is 10.7. The van der Waals surface area contributed by atoms with Crippen molar-refractivity contribution >= 4 is 40.6 Å². The van der Waals surface area contributed by atoms with E-state index in [0.29, 0.717) is 29.7 Å². The minimum atomic E-state index is -0.287. The number of hydrogen-bond acceptors (Lipinski definition) is 8. The van der Waals surface area contributed by atoms with Gasteiger partial charge >= 0.3 is 0 Å². The molecule has 0 saturated heterocycles. The number of ether oxygens (including phenoxy) is 1. The van der Waals surface area contributed by atoms with Gasteiger partial charge in [-0.15, -0.1) is 0 Å². The monoisotopic (exact) mass is 497 g/mol. The van der Waals surface area contributed by atoms with Gasteiger partial charge in [0.15, 0.2) is 5.82 Å². The van der Waals surface area contributed by atoms with Gasteiger partial charge in [-0.3, -0.25) is 14.5 Å². The molecule has 0 aliphatic carbocycles. The molecule has 0 bridgehead atoms. The van der Waals surface area contributed by atoms with Crippen molar-refractivity contribution in [3.05, 3.63) is 63.2 Å². The Hall–Kier alpha value is -3.63. The number of aromatic amines is 1. The molecular formula is C24H28ClN7O3. The van der Waals surface area contributed by atoms with E-state index in [4.69, 9.17) is 16.3 Å². The van der Waals surface area contributed by atoms with Crippen molar-refractivity contribution < 1.29 is 9.53 Å². The number of anilines is 4. The molecule has 3 N–H and O–H groups in total. The van der Waals surface area contributed by atoms with Crippen molar-refractivity contribution in [3.63, 3.8) is 0 Å². The number of nitrogens with zero attached hydrogens (tertiary/aromatic N) is 4. The highest BCUT2D eigenvalue weighted by Gasteiger charge is 2.20. The van der Waals surface area contributed by atoms with Crippen molar-refractivity contribution in [2.75, 3.05) is 51.5 Å². The van der Waals surface area contributed by atoms with Crippen LogP contribution in [0.5, 0.6) is 5.75 Å². The first-order valence-corrected chi connectivity index (χ1v) is 11.6. The number of methoxy groups -OCH3 is 1. The van der Waals surface area contributed by atoms with Gasteiger partial charge in [0.05, 0.1) is 25.5 Å². The predicted molar refractivity (Wildman–Crippen MR) is 136 cm³/mol. The van der Waals surface area contributed by atoms with E-state index in [1.165, 1.54) is 17.3 Å². The lowest BCUT2D eigenvalue weighted by molar-refractivity contribution is -0.129. The van der Waals surface area contributed by atoms with E-state index in [9.17, 15) is 9.59 Å². The van der Waals surface area contributed by atoms with Crippen LogP contribution in [-0.2, 0) is 17.6 Å². The van der Waals surface area contributed by atoms with Crippen LogP contribution in [-0.4, -0.2) is 71.5 Å². The molecule has 3 heterocycles. The molecule has 4 rings (SSSR count). The van der Waals surface area contributed by atoms with Crippen LogP contribution in [0.4, 0.5) is 23.1 Å². The zero-order valence-electron chi connectivity index (χ0n) is 19.9. The molecule has 1 aromatic carbocycles. The van der Waals surface area contributed by atoms with E-state index in [1.807, 2.05) is 12.1 Å². The molecule has 0 radical (unpaired) electrons. The Morgan fingerprint density at radius 2 is 1.94 bits per heavy atom. The zero-order chi connectivity index (χ0) is 24.9. The summed E-state index contributed by atoms with van der Waals surface area (Å²) in [6, 6.07) is 7.40. The number of benzene rings is 1. The van der Waals surface area contributed by atoms with Gasteiger partial charge in [0.2, 0.25) is 11.9 Å². The molecule has 0 spiro atoms. The molecule has 0 saturated carbocycles. The first-order valence-electron chi connectivity index (χ1n) is 11.2. The number of hydrogen-bond donors (Lipinski definition) is 3. The first kappa shape index (κ1) is 24.5. The molecule has 2 aromatic heterocycles. The van der Waals surface area contributed by atoms with E-state index in [-0.39, 0.29) is 16.5 Å². The third kappa shape index (κ3) is 5.90. The number of aromatic nitrogens is 3. The second-order valence-corrected chi connectivity index (χ2v) is 8.85. The quantitative estimate of drug-likeness (QED) is 0.456. The number of rotatable bonds is 7. The molecule has 11 heteroatoms. The Balaban J connectivity index is 1.55. The normalized spacial score (nSPS) is 13.5. The number of likely N-dealkylation sites (N-methyl/N-ethyl adjacent to an activating group) is 1. The summed E-state index contributed by atoms with van der Waals surface area (Å²) in [7, 11) is 5.16. The highest BCUT2D eigenvalue weighted by molar-refractivity contribution is 6.32. The standard InChI is InChI=1S/C24H28ClN7O3/c1-31(2)21(33)14-32-9-6-15-11-19(20(35-3)12-16(15)7-10-32)29-24-27-13-17(25)22(30-24)28-18-5-4-8-26-23(18)34/h4-5,8,11-13H,6-7,9-10,14H2,1-3H3,(H,26,34)(H2,27,28,29,30). The van der Waals surface area contributed by atoms with Gasteiger partial charge in [0.25, 0.3) is 5.56 Å². The Labute approximate surface area is 208 Å². The van der Waals surface area contributed by atoms with Gasteiger partial charge in [-0.25, -0.2) is 4.98 Å². The summed E-state index contributed by atoms with van der Waals surface area (Å²) in [4.78, 5) is 39.3. The molecule has 3 aromatic rings. The third-order valence-corrected chi connectivity index (χ3v) is 6.11. The molecule has 184 valence electrons. The fourth-order valence-corrected chi connectivity index (χ4v) is 3.98. The highest BCUT2D eigenvalue weighted by Crippen LogP contribution is 2.33. The third-order valence-electron chi connectivity index (χ3n) is 5.84. The number of H-pyrrole nitrogens is 1. The number of fused-ring (bicyclic) bond motifs is 1. The molecule has 1 aliphatic rings. The summed E-state index contributed by atoms with van der Waals surface area (Å²) in [6.07, 6.45) is 4.64. The number of carbonyl (C=O) groups excluding carboxylic acids is 1. The van der Waals surface area contributed by atoms with Gasteiger partial charge < -0.3 is 25.3 Å². The van der Waals surface area contributed by atoms with Crippen molar-refractivity contribution in [2.45, 2.75) is 12.8 Å². The molecule has 0 fully saturated rings. The van der Waals surface area contributed by atoms with E-state index in [0.717, 1.165) is 31.6 Å². The van der Waals surface area contributed by atoms with Crippen LogP contribution in [0.15, 0.2) is 41.5 Å². The molecule has 0 unspecified atom stereocenters. The molecule has 0 atom stereocenters. The maximum Gasteiger partial charge on any atom is 0.271 e. The van der Waals surface area contributed by atoms with Gasteiger partial charge in [-0.05, 0) is 48.2 Å². The highest BCUT2D eigenvalue weighted by atomic mass is 35.5. The minimum absolute atomic E-state index is 0.0951. The molecule has 35 heavy (non-hydrogen) atoms. The zero-order valence-corrected chi connectivity index (χ0v) is 20.6. The summed E-state index contributed by atoms with van der Waals surface area (Å²) >= 11 is 6.26. The van der Waals surface area contributed by atoms with Crippen molar-refractivity contribution in [3.8, 4) is 5.75 Å². The number of amides is 1. The number of pyridine rings is 1. The Bertz CT molecular complexity index is 1280. The number of halogens is 1. The van der Waals surface area contributed by atoms with E-state index < -0.39 is 0 Å². The van der Waals surface area contributed by atoms with E-state index >= 15 is 0 Å². The van der Waals surface area contributed by atoms with Gasteiger partial charge in [-0.2, -0.15) is 4.98 Å². The van der Waals surface area contributed by atoms with Crippen LogP contribution in [0.3, 0.4) is 0 Å². The lowest BCUT2D eigenvalue weighted by Crippen LogP contribution is -2.37.